The Morgan fingerprint density at radius 1 is 1.39 bits per heavy atom. The van der Waals surface area contributed by atoms with Gasteiger partial charge in [0, 0.05) is 12.7 Å². The standard InChI is InChI=1S/C13H17ClN4/c1-3-4-18-9-15-7-12(18)8-16-11-5-10(2)13(14)17-6-11/h5-7,9,16H,3-4,8H2,1-2H3. The third-order valence-corrected chi connectivity index (χ3v) is 3.15. The summed E-state index contributed by atoms with van der Waals surface area (Å²) in [6.07, 6.45) is 6.60. The zero-order chi connectivity index (χ0) is 13.0. The average molecular weight is 265 g/mol. The predicted molar refractivity (Wildman–Crippen MR) is 73.8 cm³/mol. The molecule has 0 unspecified atom stereocenters. The van der Waals surface area contributed by atoms with Crippen LogP contribution in [0, 0.1) is 6.92 Å². The van der Waals surface area contributed by atoms with Crippen LogP contribution in [-0.4, -0.2) is 14.5 Å². The first-order chi connectivity index (χ1) is 8.70. The molecule has 96 valence electrons. The van der Waals surface area contributed by atoms with E-state index in [1.54, 1.807) is 6.20 Å². The fraction of sp³-hybridized carbons (Fsp3) is 0.385. The van der Waals surface area contributed by atoms with E-state index in [2.05, 4.69) is 26.8 Å². The highest BCUT2D eigenvalue weighted by Gasteiger charge is 2.02. The molecule has 1 N–H and O–H groups in total. The first-order valence-electron chi connectivity index (χ1n) is 6.05. The number of anilines is 1. The maximum absolute atomic E-state index is 5.89. The minimum absolute atomic E-state index is 0.552. The monoisotopic (exact) mass is 264 g/mol. The Morgan fingerprint density at radius 2 is 2.22 bits per heavy atom. The lowest BCUT2D eigenvalue weighted by Gasteiger charge is -2.09. The van der Waals surface area contributed by atoms with E-state index in [1.165, 1.54) is 5.69 Å². The van der Waals surface area contributed by atoms with Crippen molar-refractivity contribution >= 4 is 17.3 Å². The lowest BCUT2D eigenvalue weighted by Crippen LogP contribution is -2.07. The molecule has 0 radical (unpaired) electrons. The van der Waals surface area contributed by atoms with Crippen molar-refractivity contribution in [3.8, 4) is 0 Å². The van der Waals surface area contributed by atoms with Gasteiger partial charge in [-0.2, -0.15) is 0 Å². The summed E-state index contributed by atoms with van der Waals surface area (Å²) in [5.41, 5.74) is 3.12. The number of imidazole rings is 1. The Kier molecular flexibility index (Phi) is 4.20. The number of aromatic nitrogens is 3. The lowest BCUT2D eigenvalue weighted by molar-refractivity contribution is 0.651. The highest BCUT2D eigenvalue weighted by Crippen LogP contribution is 2.16. The van der Waals surface area contributed by atoms with Crippen molar-refractivity contribution in [2.24, 2.45) is 0 Å². The second kappa shape index (κ2) is 5.87. The number of pyridine rings is 1. The fourth-order valence-electron chi connectivity index (χ4n) is 1.78. The van der Waals surface area contributed by atoms with E-state index < -0.39 is 0 Å². The van der Waals surface area contributed by atoms with Crippen molar-refractivity contribution in [1.29, 1.82) is 0 Å². The van der Waals surface area contributed by atoms with Crippen LogP contribution >= 0.6 is 11.6 Å². The number of hydrogen-bond acceptors (Lipinski definition) is 3. The van der Waals surface area contributed by atoms with E-state index in [0.717, 1.165) is 30.8 Å². The molecule has 2 heterocycles. The Labute approximate surface area is 112 Å². The molecule has 0 bridgehead atoms. The predicted octanol–water partition coefficient (Wildman–Crippen LogP) is 3.26. The molecule has 2 rings (SSSR count). The topological polar surface area (TPSA) is 42.7 Å². The van der Waals surface area contributed by atoms with Crippen LogP contribution in [0.1, 0.15) is 24.6 Å². The molecule has 0 spiro atoms. The Bertz CT molecular complexity index is 521. The van der Waals surface area contributed by atoms with Crippen molar-refractivity contribution in [2.75, 3.05) is 5.32 Å². The molecule has 2 aromatic heterocycles. The lowest BCUT2D eigenvalue weighted by atomic mass is 10.3. The number of halogens is 1. The van der Waals surface area contributed by atoms with Crippen molar-refractivity contribution in [2.45, 2.75) is 33.4 Å². The Morgan fingerprint density at radius 3 is 2.94 bits per heavy atom. The zero-order valence-electron chi connectivity index (χ0n) is 10.7. The number of nitrogens with zero attached hydrogens (tertiary/aromatic N) is 3. The molecule has 0 amide bonds. The molecule has 0 atom stereocenters. The number of nitrogens with one attached hydrogen (secondary N) is 1. The van der Waals surface area contributed by atoms with Gasteiger partial charge in [-0.15, -0.1) is 0 Å². The summed E-state index contributed by atoms with van der Waals surface area (Å²) < 4.78 is 2.16. The van der Waals surface area contributed by atoms with Gasteiger partial charge >= 0.3 is 0 Å². The SMILES string of the molecule is CCCn1cncc1CNc1cnc(Cl)c(C)c1. The van der Waals surface area contributed by atoms with Crippen LogP contribution < -0.4 is 5.32 Å². The first-order valence-corrected chi connectivity index (χ1v) is 6.43. The highest BCUT2D eigenvalue weighted by atomic mass is 35.5. The van der Waals surface area contributed by atoms with Crippen LogP contribution in [0.25, 0.3) is 0 Å². The van der Waals surface area contributed by atoms with Gasteiger partial charge in [0.2, 0.25) is 0 Å². The highest BCUT2D eigenvalue weighted by molar-refractivity contribution is 6.30. The fourth-order valence-corrected chi connectivity index (χ4v) is 1.89. The summed E-state index contributed by atoms with van der Waals surface area (Å²) >= 11 is 5.89. The molecule has 0 aromatic carbocycles. The molecule has 4 nitrogen and oxygen atoms in total. The number of aryl methyl sites for hydroxylation is 2. The normalized spacial score (nSPS) is 10.6. The summed E-state index contributed by atoms with van der Waals surface area (Å²) in [4.78, 5) is 8.29. The third-order valence-electron chi connectivity index (χ3n) is 2.75. The van der Waals surface area contributed by atoms with Gasteiger partial charge in [0.25, 0.3) is 0 Å². The maximum atomic E-state index is 5.89. The van der Waals surface area contributed by atoms with Gasteiger partial charge in [0.15, 0.2) is 0 Å². The first kappa shape index (κ1) is 12.9. The summed E-state index contributed by atoms with van der Waals surface area (Å²) in [6, 6.07) is 2.00. The van der Waals surface area contributed by atoms with Gasteiger partial charge in [-0.1, -0.05) is 18.5 Å². The summed E-state index contributed by atoms with van der Waals surface area (Å²) in [7, 11) is 0. The molecule has 0 saturated heterocycles. The smallest absolute Gasteiger partial charge is 0.132 e. The summed E-state index contributed by atoms with van der Waals surface area (Å²) in [6.45, 7) is 5.84. The Hall–Kier alpha value is -1.55. The molecule has 0 aliphatic heterocycles. The van der Waals surface area contributed by atoms with Crippen LogP contribution in [-0.2, 0) is 13.1 Å². The molecule has 2 aromatic rings. The molecular weight excluding hydrogens is 248 g/mol. The van der Waals surface area contributed by atoms with Crippen LogP contribution in [0.5, 0.6) is 0 Å². The quantitative estimate of drug-likeness (QED) is 0.843. The van der Waals surface area contributed by atoms with Gasteiger partial charge in [0.1, 0.15) is 5.15 Å². The van der Waals surface area contributed by atoms with E-state index in [1.807, 2.05) is 25.5 Å². The minimum Gasteiger partial charge on any atom is -0.378 e. The van der Waals surface area contributed by atoms with Crippen LogP contribution in [0.15, 0.2) is 24.8 Å². The summed E-state index contributed by atoms with van der Waals surface area (Å²) in [5, 5.41) is 3.88. The van der Waals surface area contributed by atoms with Crippen molar-refractivity contribution in [1.82, 2.24) is 14.5 Å². The molecule has 0 saturated carbocycles. The molecule has 5 heteroatoms. The van der Waals surface area contributed by atoms with E-state index in [0.29, 0.717) is 5.15 Å². The van der Waals surface area contributed by atoms with Gasteiger partial charge in [-0.3, -0.25) is 0 Å². The van der Waals surface area contributed by atoms with Crippen molar-refractivity contribution < 1.29 is 0 Å². The van der Waals surface area contributed by atoms with Crippen molar-refractivity contribution in [3.63, 3.8) is 0 Å². The van der Waals surface area contributed by atoms with Crippen LogP contribution in [0.2, 0.25) is 5.15 Å². The second-order valence-corrected chi connectivity index (χ2v) is 4.62. The average Bonchev–Trinajstić information content (AvgIpc) is 2.79. The minimum atomic E-state index is 0.552. The van der Waals surface area contributed by atoms with Crippen LogP contribution in [0.3, 0.4) is 0 Å². The molecular formula is C13H17ClN4. The van der Waals surface area contributed by atoms with Gasteiger partial charge in [0.05, 0.1) is 30.5 Å². The largest absolute Gasteiger partial charge is 0.378 e. The third kappa shape index (κ3) is 3.01. The summed E-state index contributed by atoms with van der Waals surface area (Å²) in [5.74, 6) is 0. The molecule has 18 heavy (non-hydrogen) atoms. The van der Waals surface area contributed by atoms with Gasteiger partial charge in [-0.25, -0.2) is 9.97 Å². The van der Waals surface area contributed by atoms with Gasteiger partial charge in [-0.05, 0) is 25.0 Å². The Balaban J connectivity index is 2.02. The van der Waals surface area contributed by atoms with E-state index in [9.17, 15) is 0 Å². The van der Waals surface area contributed by atoms with E-state index in [4.69, 9.17) is 11.6 Å². The van der Waals surface area contributed by atoms with E-state index >= 15 is 0 Å². The number of hydrogen-bond donors (Lipinski definition) is 1. The van der Waals surface area contributed by atoms with Crippen LogP contribution in [0.4, 0.5) is 5.69 Å². The molecule has 0 fully saturated rings. The zero-order valence-corrected chi connectivity index (χ0v) is 11.4. The van der Waals surface area contributed by atoms with E-state index in [-0.39, 0.29) is 0 Å². The number of rotatable bonds is 5. The second-order valence-electron chi connectivity index (χ2n) is 4.26. The van der Waals surface area contributed by atoms with Crippen molar-refractivity contribution in [3.05, 3.63) is 41.2 Å². The molecule has 0 aliphatic carbocycles. The maximum Gasteiger partial charge on any atom is 0.132 e. The molecule has 0 aliphatic rings. The van der Waals surface area contributed by atoms with Gasteiger partial charge < -0.3 is 9.88 Å².